The molecule has 7 nitrogen and oxygen atoms in total. The zero-order valence-electron chi connectivity index (χ0n) is 13.6. The van der Waals surface area contributed by atoms with Crippen molar-refractivity contribution in [1.82, 2.24) is 4.98 Å². The Morgan fingerprint density at radius 2 is 1.67 bits per heavy atom. The highest BCUT2D eigenvalue weighted by Gasteiger charge is 2.18. The number of ether oxygens (including phenoxy) is 4. The average Bonchev–Trinajstić information content (AvgIpc) is 2.65. The minimum absolute atomic E-state index is 0.273. The Morgan fingerprint density at radius 3 is 2.17 bits per heavy atom. The van der Waals surface area contributed by atoms with Gasteiger partial charge in [-0.1, -0.05) is 0 Å². The topological polar surface area (TPSA) is 84.0 Å². The molecule has 0 saturated heterocycles. The van der Waals surface area contributed by atoms with Crippen LogP contribution in [0.15, 0.2) is 36.7 Å². The van der Waals surface area contributed by atoms with E-state index in [9.17, 15) is 9.59 Å². The number of ketones is 1. The maximum absolute atomic E-state index is 12.3. The van der Waals surface area contributed by atoms with Crippen LogP contribution in [0.5, 0.6) is 17.2 Å². The van der Waals surface area contributed by atoms with E-state index < -0.39 is 18.4 Å². The van der Waals surface area contributed by atoms with Crippen LogP contribution in [-0.2, 0) is 4.74 Å². The van der Waals surface area contributed by atoms with Crippen molar-refractivity contribution in [3.05, 3.63) is 47.8 Å². The van der Waals surface area contributed by atoms with Crippen molar-refractivity contribution in [2.45, 2.75) is 0 Å². The maximum atomic E-state index is 12.3. The summed E-state index contributed by atoms with van der Waals surface area (Å²) in [7, 11) is 4.37. The lowest BCUT2D eigenvalue weighted by Gasteiger charge is -2.13. The monoisotopic (exact) mass is 331 g/mol. The Hall–Kier alpha value is -3.09. The number of methoxy groups -OCH3 is 3. The largest absolute Gasteiger partial charge is 0.493 e. The van der Waals surface area contributed by atoms with E-state index in [2.05, 4.69) is 4.98 Å². The first-order valence-electron chi connectivity index (χ1n) is 7.01. The van der Waals surface area contributed by atoms with E-state index in [4.69, 9.17) is 18.9 Å². The number of hydrogen-bond donors (Lipinski definition) is 0. The molecule has 0 aliphatic heterocycles. The second kappa shape index (κ2) is 7.96. The molecule has 0 unspecified atom stereocenters. The van der Waals surface area contributed by atoms with Crippen LogP contribution < -0.4 is 14.2 Å². The molecule has 0 atom stereocenters. The minimum atomic E-state index is -0.621. The molecule has 1 aromatic heterocycles. The number of benzene rings is 1. The van der Waals surface area contributed by atoms with Gasteiger partial charge in [0.15, 0.2) is 18.1 Å². The molecule has 0 amide bonds. The average molecular weight is 331 g/mol. The van der Waals surface area contributed by atoms with E-state index in [0.717, 1.165) is 0 Å². The quantitative estimate of drug-likeness (QED) is 0.568. The summed E-state index contributed by atoms with van der Waals surface area (Å²) in [5, 5.41) is 0. The van der Waals surface area contributed by atoms with Crippen molar-refractivity contribution < 1.29 is 28.5 Å². The zero-order chi connectivity index (χ0) is 17.5. The van der Waals surface area contributed by atoms with E-state index in [1.165, 1.54) is 45.9 Å². The van der Waals surface area contributed by atoms with Gasteiger partial charge in [0.05, 0.1) is 26.9 Å². The van der Waals surface area contributed by atoms with E-state index in [1.54, 1.807) is 12.1 Å². The predicted molar refractivity (Wildman–Crippen MR) is 84.9 cm³/mol. The van der Waals surface area contributed by atoms with Crippen molar-refractivity contribution in [2.75, 3.05) is 27.9 Å². The van der Waals surface area contributed by atoms with Gasteiger partial charge in [0.2, 0.25) is 11.5 Å². The van der Waals surface area contributed by atoms with Gasteiger partial charge in [0.25, 0.3) is 0 Å². The molecule has 0 bridgehead atoms. The second-order valence-corrected chi connectivity index (χ2v) is 4.66. The van der Waals surface area contributed by atoms with Gasteiger partial charge in [0, 0.05) is 18.0 Å². The summed E-state index contributed by atoms with van der Waals surface area (Å²) in [5.41, 5.74) is 0.554. The normalized spacial score (nSPS) is 9.96. The number of pyridine rings is 1. The molecule has 0 fully saturated rings. The number of hydrogen-bond acceptors (Lipinski definition) is 7. The number of nitrogens with zero attached hydrogens (tertiary/aromatic N) is 1. The molecular formula is C17H17NO6. The molecule has 0 saturated carbocycles. The van der Waals surface area contributed by atoms with Crippen LogP contribution in [0.2, 0.25) is 0 Å². The molecule has 2 rings (SSSR count). The lowest BCUT2D eigenvalue weighted by atomic mass is 10.1. The molecule has 0 radical (unpaired) electrons. The first kappa shape index (κ1) is 17.3. The highest BCUT2D eigenvalue weighted by molar-refractivity contribution is 6.00. The molecule has 0 N–H and O–H groups in total. The summed E-state index contributed by atoms with van der Waals surface area (Å²) in [5.74, 6) is 0.0526. The van der Waals surface area contributed by atoms with Crippen LogP contribution in [0, 0.1) is 0 Å². The molecule has 24 heavy (non-hydrogen) atoms. The number of Topliss-reactive ketones (excluding diaryl/α,β-unsaturated/α-hetero) is 1. The third-order valence-electron chi connectivity index (χ3n) is 3.22. The van der Waals surface area contributed by atoms with Crippen LogP contribution in [-0.4, -0.2) is 44.7 Å². The number of carbonyl (C=O) groups excluding carboxylic acids is 2. The fourth-order valence-electron chi connectivity index (χ4n) is 2.02. The molecule has 0 aliphatic carbocycles. The van der Waals surface area contributed by atoms with Gasteiger partial charge < -0.3 is 18.9 Å². The van der Waals surface area contributed by atoms with Gasteiger partial charge in [-0.05, 0) is 24.3 Å². The van der Waals surface area contributed by atoms with E-state index in [1.807, 2.05) is 0 Å². The maximum Gasteiger partial charge on any atom is 0.340 e. The number of esters is 1. The zero-order valence-corrected chi connectivity index (χ0v) is 13.6. The van der Waals surface area contributed by atoms with E-state index in [-0.39, 0.29) is 11.1 Å². The van der Waals surface area contributed by atoms with Crippen LogP contribution >= 0.6 is 0 Å². The smallest absolute Gasteiger partial charge is 0.340 e. The van der Waals surface area contributed by atoms with Gasteiger partial charge in [-0.25, -0.2) is 4.79 Å². The molecule has 126 valence electrons. The molecule has 2 aromatic rings. The van der Waals surface area contributed by atoms with Gasteiger partial charge in [-0.2, -0.15) is 0 Å². The van der Waals surface area contributed by atoms with Crippen molar-refractivity contribution >= 4 is 11.8 Å². The predicted octanol–water partition coefficient (Wildman–Crippen LogP) is 2.15. The van der Waals surface area contributed by atoms with Gasteiger partial charge in [0.1, 0.15) is 0 Å². The van der Waals surface area contributed by atoms with Gasteiger partial charge in [-0.15, -0.1) is 0 Å². The second-order valence-electron chi connectivity index (χ2n) is 4.66. The number of aromatic nitrogens is 1. The number of carbonyl (C=O) groups is 2. The van der Waals surface area contributed by atoms with Crippen LogP contribution in [0.1, 0.15) is 20.7 Å². The summed E-state index contributed by atoms with van der Waals surface area (Å²) in [6.07, 6.45) is 2.91. The lowest BCUT2D eigenvalue weighted by molar-refractivity contribution is 0.0474. The summed E-state index contributed by atoms with van der Waals surface area (Å²) < 4.78 is 20.6. The molecule has 7 heteroatoms. The fourth-order valence-corrected chi connectivity index (χ4v) is 2.02. The molecular weight excluding hydrogens is 314 g/mol. The highest BCUT2D eigenvalue weighted by Crippen LogP contribution is 2.38. The van der Waals surface area contributed by atoms with Crippen LogP contribution in [0.25, 0.3) is 0 Å². The van der Waals surface area contributed by atoms with Gasteiger partial charge in [-0.3, -0.25) is 9.78 Å². The lowest BCUT2D eigenvalue weighted by Crippen LogP contribution is -2.14. The highest BCUT2D eigenvalue weighted by atomic mass is 16.5. The summed E-state index contributed by atoms with van der Waals surface area (Å²) in [6.45, 7) is -0.410. The van der Waals surface area contributed by atoms with Crippen molar-refractivity contribution in [2.24, 2.45) is 0 Å². The Balaban J connectivity index is 2.13. The molecule has 1 heterocycles. The van der Waals surface area contributed by atoms with Crippen LogP contribution in [0.3, 0.4) is 0 Å². The molecule has 1 aromatic carbocycles. The first-order valence-corrected chi connectivity index (χ1v) is 7.01. The fraction of sp³-hybridized carbons (Fsp3) is 0.235. The van der Waals surface area contributed by atoms with Crippen LogP contribution in [0.4, 0.5) is 0 Å². The van der Waals surface area contributed by atoms with Crippen molar-refractivity contribution in [3.63, 3.8) is 0 Å². The first-order chi connectivity index (χ1) is 11.6. The summed E-state index contributed by atoms with van der Waals surface area (Å²) in [6, 6.07) is 6.17. The Bertz CT molecular complexity index is 704. The summed E-state index contributed by atoms with van der Waals surface area (Å²) in [4.78, 5) is 27.9. The van der Waals surface area contributed by atoms with Crippen molar-refractivity contribution in [1.29, 1.82) is 0 Å². The minimum Gasteiger partial charge on any atom is -0.493 e. The molecule has 0 spiro atoms. The number of rotatable bonds is 7. The van der Waals surface area contributed by atoms with Crippen molar-refractivity contribution in [3.8, 4) is 17.2 Å². The standard InChI is InChI=1S/C17H17NO6/c1-21-14-7-12(8-15(22-2)16(14)23-3)13(19)10-24-17(20)11-5-4-6-18-9-11/h4-9H,10H2,1-3H3. The van der Waals surface area contributed by atoms with E-state index in [0.29, 0.717) is 17.2 Å². The third kappa shape index (κ3) is 3.81. The summed E-state index contributed by atoms with van der Waals surface area (Å²) >= 11 is 0. The Kier molecular flexibility index (Phi) is 5.73. The SMILES string of the molecule is COc1cc(C(=O)COC(=O)c2cccnc2)cc(OC)c1OC. The third-order valence-corrected chi connectivity index (χ3v) is 3.22. The Morgan fingerprint density at radius 1 is 1.00 bits per heavy atom. The molecule has 0 aliphatic rings. The Labute approximate surface area is 139 Å². The van der Waals surface area contributed by atoms with E-state index >= 15 is 0 Å². The van der Waals surface area contributed by atoms with Gasteiger partial charge >= 0.3 is 5.97 Å².